The van der Waals surface area contributed by atoms with Gasteiger partial charge in [0.25, 0.3) is 0 Å². The highest BCUT2D eigenvalue weighted by Gasteiger charge is 2.45. The molecule has 0 saturated carbocycles. The summed E-state index contributed by atoms with van der Waals surface area (Å²) in [5, 5.41) is 1.85. The average Bonchev–Trinajstić information content (AvgIpc) is 3.05. The van der Waals surface area contributed by atoms with Gasteiger partial charge in [0.15, 0.2) is 0 Å². The predicted octanol–water partition coefficient (Wildman–Crippen LogP) is 3.10. The largest absolute Gasteiger partial charge is 0.229 e. The number of nitrogens with one attached hydrogen (secondary N) is 1. The van der Waals surface area contributed by atoms with E-state index in [4.69, 9.17) is 0 Å². The molecule has 1 heterocycles. The van der Waals surface area contributed by atoms with Crippen LogP contribution in [0.2, 0.25) is 0 Å². The van der Waals surface area contributed by atoms with Crippen LogP contribution < -0.4 is 4.83 Å². The zero-order valence-electron chi connectivity index (χ0n) is 14.0. The summed E-state index contributed by atoms with van der Waals surface area (Å²) in [4.78, 5) is 2.72. The summed E-state index contributed by atoms with van der Waals surface area (Å²) in [5.74, 6) is 0.987. The number of rotatable bonds is 8. The van der Waals surface area contributed by atoms with E-state index in [0.717, 1.165) is 19.4 Å². The third-order valence-electron chi connectivity index (χ3n) is 3.92. The molecule has 5 heteroatoms. The maximum Gasteiger partial charge on any atom is 0.229 e. The Balaban J connectivity index is 2.60. The number of hydrazine groups is 1. The lowest BCUT2D eigenvalue weighted by Crippen LogP contribution is -2.43. The molecule has 0 aromatic rings. The van der Waals surface area contributed by atoms with Crippen LogP contribution in [0.1, 0.15) is 47.5 Å². The van der Waals surface area contributed by atoms with E-state index in [2.05, 4.69) is 37.4 Å². The molecule has 21 heavy (non-hydrogen) atoms. The van der Waals surface area contributed by atoms with Crippen molar-refractivity contribution in [1.29, 1.82) is 0 Å². The molecule has 0 bridgehead atoms. The lowest BCUT2D eigenvalue weighted by atomic mass is 9.89. The minimum atomic E-state index is -3.31. The molecular weight excluding hydrogens is 284 g/mol. The van der Waals surface area contributed by atoms with Crippen LogP contribution in [0.5, 0.6) is 0 Å². The maximum atomic E-state index is 12.2. The first-order chi connectivity index (χ1) is 9.60. The maximum absolute atomic E-state index is 12.2. The fraction of sp³-hybridized carbons (Fsp3) is 0.750. The third kappa shape index (κ3) is 5.24. The first kappa shape index (κ1) is 18.4. The Kier molecular flexibility index (Phi) is 6.20. The second kappa shape index (κ2) is 7.07. The molecule has 0 amide bonds. The first-order valence-electron chi connectivity index (χ1n) is 7.64. The van der Waals surface area contributed by atoms with Gasteiger partial charge < -0.3 is 0 Å². The zero-order valence-corrected chi connectivity index (χ0v) is 14.8. The highest BCUT2D eigenvalue weighted by Crippen LogP contribution is 2.33. The number of sulfonamides is 1. The van der Waals surface area contributed by atoms with Crippen LogP contribution >= 0.6 is 0 Å². The van der Waals surface area contributed by atoms with Crippen molar-refractivity contribution in [1.82, 2.24) is 9.84 Å². The molecule has 0 aliphatic carbocycles. The summed E-state index contributed by atoms with van der Waals surface area (Å²) in [6, 6.07) is 0.301. The summed E-state index contributed by atoms with van der Waals surface area (Å²) in [7, 11) is -3.31. The fourth-order valence-corrected chi connectivity index (χ4v) is 3.03. The van der Waals surface area contributed by atoms with Crippen molar-refractivity contribution >= 4 is 10.0 Å². The third-order valence-corrected chi connectivity index (χ3v) is 6.01. The highest BCUT2D eigenvalue weighted by atomic mass is 32.2. The SMILES string of the molecule is C=CC/C=C/CC(C(C)C)C1CN1NS(=O)(=O)C(C)(C)C. The molecule has 3 unspecified atom stereocenters. The predicted molar refractivity (Wildman–Crippen MR) is 89.2 cm³/mol. The Hall–Kier alpha value is -0.650. The van der Waals surface area contributed by atoms with Crippen molar-refractivity contribution in [3.8, 4) is 0 Å². The van der Waals surface area contributed by atoms with Crippen molar-refractivity contribution in [3.05, 3.63) is 24.8 Å². The average molecular weight is 314 g/mol. The van der Waals surface area contributed by atoms with Crippen molar-refractivity contribution in [2.24, 2.45) is 11.8 Å². The van der Waals surface area contributed by atoms with Crippen LogP contribution in [0.15, 0.2) is 24.8 Å². The number of allylic oxidation sites excluding steroid dienone is 3. The van der Waals surface area contributed by atoms with E-state index in [1.54, 1.807) is 20.8 Å². The first-order valence-corrected chi connectivity index (χ1v) is 9.13. The van der Waals surface area contributed by atoms with Crippen LogP contribution in [0, 0.1) is 11.8 Å². The zero-order chi connectivity index (χ0) is 16.3. The van der Waals surface area contributed by atoms with Gasteiger partial charge >= 0.3 is 0 Å². The van der Waals surface area contributed by atoms with Crippen LogP contribution in [0.3, 0.4) is 0 Å². The van der Waals surface area contributed by atoms with Gasteiger partial charge in [0, 0.05) is 12.6 Å². The van der Waals surface area contributed by atoms with Gasteiger partial charge in [-0.15, -0.1) is 11.4 Å². The van der Waals surface area contributed by atoms with Crippen molar-refractivity contribution in [2.45, 2.75) is 58.2 Å². The van der Waals surface area contributed by atoms with Gasteiger partial charge in [-0.2, -0.15) is 0 Å². The van der Waals surface area contributed by atoms with Crippen LogP contribution in [-0.2, 0) is 10.0 Å². The second-order valence-corrected chi connectivity index (χ2v) is 9.48. The molecular formula is C16H30N2O2S. The van der Waals surface area contributed by atoms with Gasteiger partial charge in [-0.3, -0.25) is 0 Å². The molecule has 0 radical (unpaired) electrons. The summed E-state index contributed by atoms with van der Waals surface area (Å²) < 4.78 is 23.5. The Morgan fingerprint density at radius 1 is 1.33 bits per heavy atom. The Labute approximate surface area is 130 Å². The van der Waals surface area contributed by atoms with Crippen molar-refractivity contribution in [3.63, 3.8) is 0 Å². The number of nitrogens with zero attached hydrogens (tertiary/aromatic N) is 1. The van der Waals surface area contributed by atoms with E-state index in [-0.39, 0.29) is 0 Å². The lowest BCUT2D eigenvalue weighted by molar-refractivity contribution is 0.311. The molecule has 1 N–H and O–H groups in total. The normalized spacial score (nSPS) is 24.5. The van der Waals surface area contributed by atoms with Gasteiger partial charge in [0.05, 0.1) is 4.75 Å². The Bertz CT molecular complexity index is 475. The monoisotopic (exact) mass is 314 g/mol. The molecule has 0 aromatic heterocycles. The van der Waals surface area contributed by atoms with Gasteiger partial charge in [-0.1, -0.05) is 32.1 Å². The molecule has 122 valence electrons. The summed E-state index contributed by atoms with van der Waals surface area (Å²) in [6.07, 6.45) is 8.04. The quantitative estimate of drug-likeness (QED) is 0.553. The molecule has 4 nitrogen and oxygen atoms in total. The van der Waals surface area contributed by atoms with E-state index in [1.165, 1.54) is 0 Å². The van der Waals surface area contributed by atoms with E-state index in [1.807, 2.05) is 11.1 Å². The smallest absolute Gasteiger partial charge is 0.224 e. The standard InChI is InChI=1S/C16H30N2O2S/c1-7-8-9-10-11-14(13(2)3)15-12-18(15)17-21(19,20)16(4,5)6/h7,9-10,13-15,17H,1,8,11-12H2,2-6H3/b10-9+. The second-order valence-electron chi connectivity index (χ2n) is 7.07. The van der Waals surface area contributed by atoms with E-state index in [9.17, 15) is 8.42 Å². The molecule has 1 fully saturated rings. The molecule has 3 atom stereocenters. The van der Waals surface area contributed by atoms with Gasteiger partial charge in [0.1, 0.15) is 0 Å². The lowest BCUT2D eigenvalue weighted by Gasteiger charge is -2.23. The highest BCUT2D eigenvalue weighted by molar-refractivity contribution is 7.90. The molecule has 1 saturated heterocycles. The van der Waals surface area contributed by atoms with Crippen molar-refractivity contribution < 1.29 is 8.42 Å². The Morgan fingerprint density at radius 2 is 1.95 bits per heavy atom. The van der Waals surface area contributed by atoms with Crippen LogP contribution in [0.4, 0.5) is 0 Å². The Morgan fingerprint density at radius 3 is 2.43 bits per heavy atom. The van der Waals surface area contributed by atoms with E-state index in [0.29, 0.717) is 17.9 Å². The molecule has 1 aliphatic rings. The molecule has 1 aliphatic heterocycles. The minimum absolute atomic E-state index is 0.301. The topological polar surface area (TPSA) is 49.2 Å². The number of hydrogen-bond donors (Lipinski definition) is 1. The fourth-order valence-electron chi connectivity index (χ4n) is 2.24. The summed E-state index contributed by atoms with van der Waals surface area (Å²) >= 11 is 0. The van der Waals surface area contributed by atoms with Crippen molar-refractivity contribution in [2.75, 3.05) is 6.54 Å². The number of hydrogen-bond acceptors (Lipinski definition) is 3. The molecule has 0 spiro atoms. The van der Waals surface area contributed by atoms with Gasteiger partial charge in [-0.25, -0.2) is 13.4 Å². The van der Waals surface area contributed by atoms with Crippen LogP contribution in [-0.4, -0.2) is 30.8 Å². The van der Waals surface area contributed by atoms with Crippen LogP contribution in [0.25, 0.3) is 0 Å². The van der Waals surface area contributed by atoms with Gasteiger partial charge in [0.2, 0.25) is 10.0 Å². The van der Waals surface area contributed by atoms with Gasteiger partial charge in [-0.05, 0) is 45.4 Å². The van der Waals surface area contributed by atoms with E-state index >= 15 is 0 Å². The molecule has 1 rings (SSSR count). The summed E-state index contributed by atoms with van der Waals surface area (Å²) in [5.41, 5.74) is 0. The summed E-state index contributed by atoms with van der Waals surface area (Å²) in [6.45, 7) is 14.0. The molecule has 0 aromatic carbocycles. The van der Waals surface area contributed by atoms with E-state index < -0.39 is 14.8 Å². The minimum Gasteiger partial charge on any atom is -0.224 e.